The van der Waals surface area contributed by atoms with E-state index in [2.05, 4.69) is 15.6 Å². The van der Waals surface area contributed by atoms with Gasteiger partial charge in [0.1, 0.15) is 23.4 Å². The third-order valence-corrected chi connectivity index (χ3v) is 6.25. The van der Waals surface area contributed by atoms with Crippen LogP contribution in [0.1, 0.15) is 30.0 Å². The fourth-order valence-corrected chi connectivity index (χ4v) is 4.55. The molecule has 0 spiro atoms. The van der Waals surface area contributed by atoms with Gasteiger partial charge in [-0.05, 0) is 48.6 Å². The number of pyridine rings is 1. The number of para-hydroxylation sites is 1. The fourth-order valence-electron chi connectivity index (χ4n) is 4.22. The van der Waals surface area contributed by atoms with E-state index in [-0.39, 0.29) is 30.1 Å². The lowest BCUT2D eigenvalue weighted by molar-refractivity contribution is -0.116. The maximum absolute atomic E-state index is 13.9. The number of anilines is 1. The van der Waals surface area contributed by atoms with Gasteiger partial charge in [0, 0.05) is 24.7 Å². The first-order valence-corrected chi connectivity index (χ1v) is 11.7. The highest BCUT2D eigenvalue weighted by atomic mass is 32.1. The van der Waals surface area contributed by atoms with E-state index in [0.29, 0.717) is 17.4 Å². The van der Waals surface area contributed by atoms with Gasteiger partial charge >= 0.3 is 0 Å². The van der Waals surface area contributed by atoms with Crippen LogP contribution in [0.2, 0.25) is 0 Å². The molecule has 1 saturated heterocycles. The minimum atomic E-state index is -0.476. The van der Waals surface area contributed by atoms with Crippen LogP contribution >= 0.6 is 12.2 Å². The van der Waals surface area contributed by atoms with Gasteiger partial charge in [-0.25, -0.2) is 4.39 Å². The second-order valence-electron chi connectivity index (χ2n) is 8.17. The smallest absolute Gasteiger partial charge is 0.226 e. The van der Waals surface area contributed by atoms with Crippen LogP contribution in [0.15, 0.2) is 95.5 Å². The highest BCUT2D eigenvalue weighted by molar-refractivity contribution is 7.80. The Morgan fingerprint density at radius 1 is 1.03 bits per heavy atom. The topological polar surface area (TPSA) is 70.4 Å². The number of furan rings is 1. The number of thiocarbonyl (C=S) groups is 1. The molecule has 6 nitrogen and oxygen atoms in total. The molecule has 3 heterocycles. The van der Waals surface area contributed by atoms with Crippen molar-refractivity contribution in [1.82, 2.24) is 15.2 Å². The molecule has 1 amide bonds. The summed E-state index contributed by atoms with van der Waals surface area (Å²) >= 11 is 5.65. The van der Waals surface area contributed by atoms with E-state index in [1.807, 2.05) is 65.6 Å². The van der Waals surface area contributed by atoms with Crippen LogP contribution in [0.5, 0.6) is 0 Å². The first kappa shape index (κ1) is 22.7. The maximum atomic E-state index is 13.9. The molecule has 4 aromatic rings. The lowest BCUT2D eigenvalue weighted by atomic mass is 10.0. The molecule has 2 N–H and O–H groups in total. The van der Waals surface area contributed by atoms with E-state index in [1.165, 1.54) is 12.1 Å². The summed E-state index contributed by atoms with van der Waals surface area (Å²) in [6, 6.07) is 25.0. The zero-order valence-electron chi connectivity index (χ0n) is 18.7. The van der Waals surface area contributed by atoms with Gasteiger partial charge in [0.05, 0.1) is 17.4 Å². The number of hydrogen-bond donors (Lipinski definition) is 2. The summed E-state index contributed by atoms with van der Waals surface area (Å²) in [5.74, 6) is 0.676. The van der Waals surface area contributed by atoms with Crippen LogP contribution < -0.4 is 10.6 Å². The third kappa shape index (κ3) is 4.93. The first-order chi connectivity index (χ1) is 17.1. The quantitative estimate of drug-likeness (QED) is 0.337. The van der Waals surface area contributed by atoms with Gasteiger partial charge < -0.3 is 20.0 Å². The Morgan fingerprint density at radius 2 is 1.80 bits per heavy atom. The molecule has 1 fully saturated rings. The number of benzene rings is 2. The van der Waals surface area contributed by atoms with Crippen molar-refractivity contribution < 1.29 is 13.6 Å². The molecule has 1 aliphatic heterocycles. The zero-order chi connectivity index (χ0) is 24.2. The van der Waals surface area contributed by atoms with Crippen LogP contribution in [0.4, 0.5) is 10.1 Å². The second kappa shape index (κ2) is 10.1. The van der Waals surface area contributed by atoms with E-state index in [1.54, 1.807) is 18.3 Å². The number of nitrogens with zero attached hydrogens (tertiary/aromatic N) is 2. The minimum absolute atomic E-state index is 0.119. The predicted octanol–water partition coefficient (Wildman–Crippen LogP) is 5.48. The Labute approximate surface area is 207 Å². The van der Waals surface area contributed by atoms with E-state index < -0.39 is 5.82 Å². The molecule has 2 aromatic carbocycles. The Hall–Kier alpha value is -4.04. The van der Waals surface area contributed by atoms with Crippen molar-refractivity contribution >= 4 is 28.9 Å². The largest absolute Gasteiger partial charge is 0.459 e. The van der Waals surface area contributed by atoms with Crippen molar-refractivity contribution in [3.63, 3.8) is 0 Å². The molecule has 0 saturated carbocycles. The molecular formula is C27H23FN4O2S. The van der Waals surface area contributed by atoms with Crippen molar-refractivity contribution in [2.24, 2.45) is 0 Å². The highest BCUT2D eigenvalue weighted by Crippen LogP contribution is 2.40. The average Bonchev–Trinajstić information content (AvgIpc) is 3.50. The molecule has 0 radical (unpaired) electrons. The second-order valence-corrected chi connectivity index (χ2v) is 8.55. The zero-order valence-corrected chi connectivity index (χ0v) is 19.5. The molecule has 35 heavy (non-hydrogen) atoms. The summed E-state index contributed by atoms with van der Waals surface area (Å²) in [7, 11) is 0. The Kier molecular flexibility index (Phi) is 6.54. The van der Waals surface area contributed by atoms with Crippen molar-refractivity contribution in [3.8, 4) is 11.3 Å². The maximum Gasteiger partial charge on any atom is 0.226 e. The lowest BCUT2D eigenvalue weighted by Crippen LogP contribution is -2.32. The summed E-state index contributed by atoms with van der Waals surface area (Å²) in [5, 5.41) is 6.48. The summed E-state index contributed by atoms with van der Waals surface area (Å²) in [6.07, 6.45) is 1.85. The number of rotatable bonds is 7. The van der Waals surface area contributed by atoms with E-state index >= 15 is 0 Å². The number of halogens is 1. The summed E-state index contributed by atoms with van der Waals surface area (Å²) in [6.45, 7) is 0.321. The van der Waals surface area contributed by atoms with Crippen LogP contribution in [0.25, 0.3) is 11.3 Å². The van der Waals surface area contributed by atoms with Gasteiger partial charge in [-0.1, -0.05) is 48.5 Å². The summed E-state index contributed by atoms with van der Waals surface area (Å²) < 4.78 is 20.2. The van der Waals surface area contributed by atoms with Crippen LogP contribution in [0, 0.1) is 5.82 Å². The van der Waals surface area contributed by atoms with Crippen LogP contribution in [-0.2, 0) is 4.79 Å². The number of hydrogen-bond acceptors (Lipinski definition) is 4. The predicted molar refractivity (Wildman–Crippen MR) is 136 cm³/mol. The minimum Gasteiger partial charge on any atom is -0.459 e. The SMILES string of the molecule is O=C(CCN1C(=S)NC(c2ccccn2)C1c1ccc(-c2ccccc2)o1)Nc1ccccc1F. The van der Waals surface area contributed by atoms with E-state index in [0.717, 1.165) is 17.0 Å². The molecule has 8 heteroatoms. The van der Waals surface area contributed by atoms with Crippen LogP contribution in [0.3, 0.4) is 0 Å². The molecular weight excluding hydrogens is 463 g/mol. The molecule has 0 bridgehead atoms. The van der Waals surface area contributed by atoms with Crippen molar-refractivity contribution in [2.75, 3.05) is 11.9 Å². The third-order valence-electron chi connectivity index (χ3n) is 5.90. The van der Waals surface area contributed by atoms with Crippen LogP contribution in [-0.4, -0.2) is 27.4 Å². The van der Waals surface area contributed by atoms with Gasteiger partial charge in [-0.2, -0.15) is 0 Å². The highest BCUT2D eigenvalue weighted by Gasteiger charge is 2.41. The van der Waals surface area contributed by atoms with Gasteiger partial charge in [-0.15, -0.1) is 0 Å². The Bertz CT molecular complexity index is 1330. The van der Waals surface area contributed by atoms with Gasteiger partial charge in [0.25, 0.3) is 0 Å². The molecule has 1 aliphatic rings. The fraction of sp³-hybridized carbons (Fsp3) is 0.148. The Morgan fingerprint density at radius 3 is 2.57 bits per heavy atom. The van der Waals surface area contributed by atoms with Gasteiger partial charge in [0.2, 0.25) is 5.91 Å². The number of amides is 1. The van der Waals surface area contributed by atoms with Gasteiger partial charge in [-0.3, -0.25) is 9.78 Å². The number of carbonyl (C=O) groups is 1. The number of carbonyl (C=O) groups excluding carboxylic acids is 1. The Balaban J connectivity index is 1.39. The van der Waals surface area contributed by atoms with E-state index in [4.69, 9.17) is 16.6 Å². The average molecular weight is 487 g/mol. The number of aromatic nitrogens is 1. The molecule has 2 aromatic heterocycles. The summed E-state index contributed by atoms with van der Waals surface area (Å²) in [4.78, 5) is 19.1. The lowest BCUT2D eigenvalue weighted by Gasteiger charge is -2.25. The summed E-state index contributed by atoms with van der Waals surface area (Å²) in [5.41, 5.74) is 1.94. The van der Waals surface area contributed by atoms with E-state index in [9.17, 15) is 9.18 Å². The number of nitrogens with one attached hydrogen (secondary N) is 2. The van der Waals surface area contributed by atoms with Gasteiger partial charge in [0.15, 0.2) is 5.11 Å². The first-order valence-electron chi connectivity index (χ1n) is 11.3. The molecule has 2 unspecified atom stereocenters. The van der Waals surface area contributed by atoms with Crippen molar-refractivity contribution in [3.05, 3.63) is 108 Å². The molecule has 176 valence electrons. The standard InChI is InChI=1S/C27H23FN4O2S/c28-19-10-4-5-11-20(19)30-24(33)15-17-32-26(25(31-27(32)35)21-12-6-7-16-29-21)23-14-13-22(34-23)18-8-2-1-3-9-18/h1-14,16,25-26H,15,17H2,(H,30,33)(H,31,35). The van der Waals surface area contributed by atoms with Crippen molar-refractivity contribution in [2.45, 2.75) is 18.5 Å². The molecule has 0 aliphatic carbocycles. The normalized spacial score (nSPS) is 17.3. The molecule has 2 atom stereocenters. The van der Waals surface area contributed by atoms with Crippen molar-refractivity contribution in [1.29, 1.82) is 0 Å². The monoisotopic (exact) mass is 486 g/mol. The molecule has 5 rings (SSSR count).